The quantitative estimate of drug-likeness (QED) is 0.785. The third-order valence-corrected chi connectivity index (χ3v) is 2.19. The summed E-state index contributed by atoms with van der Waals surface area (Å²) < 4.78 is 41.8. The Labute approximate surface area is 102 Å². The van der Waals surface area contributed by atoms with Crippen LogP contribution in [0.15, 0.2) is 24.3 Å². The Morgan fingerprint density at radius 2 is 1.61 bits per heavy atom. The van der Waals surface area contributed by atoms with Gasteiger partial charge in [-0.25, -0.2) is 0 Å². The van der Waals surface area contributed by atoms with Crippen LogP contribution in [0.4, 0.5) is 13.2 Å². The maximum absolute atomic E-state index is 12.3. The smallest absolute Gasteiger partial charge is 0.416 e. The Morgan fingerprint density at radius 3 is 1.94 bits per heavy atom. The molecule has 0 radical (unpaired) electrons. The van der Waals surface area contributed by atoms with Crippen LogP contribution in [0, 0.1) is 0 Å². The van der Waals surface area contributed by atoms with Crippen molar-refractivity contribution in [3.8, 4) is 0 Å². The van der Waals surface area contributed by atoms with E-state index in [0.29, 0.717) is 0 Å². The molecule has 1 atom stereocenters. The Kier molecular flexibility index (Phi) is 4.11. The molecule has 0 amide bonds. The van der Waals surface area contributed by atoms with E-state index in [1.165, 1.54) is 6.92 Å². The fourth-order valence-electron chi connectivity index (χ4n) is 1.40. The average Bonchev–Trinajstić information content (AvgIpc) is 2.24. The number of alkyl halides is 3. The van der Waals surface area contributed by atoms with Crippen molar-refractivity contribution in [2.24, 2.45) is 0 Å². The van der Waals surface area contributed by atoms with Crippen LogP contribution in [-0.4, -0.2) is 11.8 Å². The van der Waals surface area contributed by atoms with E-state index in [9.17, 15) is 22.8 Å². The number of benzene rings is 1. The van der Waals surface area contributed by atoms with Crippen molar-refractivity contribution < 1.29 is 27.5 Å². The fraction of sp³-hybridized carbons (Fsp3) is 0.333. The van der Waals surface area contributed by atoms with Crippen LogP contribution in [0.1, 0.15) is 31.1 Å². The first kappa shape index (κ1) is 14.2. The molecule has 98 valence electrons. The number of carbonyl (C=O) groups is 2. The van der Waals surface area contributed by atoms with Gasteiger partial charge in [-0.1, -0.05) is 12.1 Å². The molecule has 18 heavy (non-hydrogen) atoms. The molecule has 1 aromatic rings. The van der Waals surface area contributed by atoms with Crippen molar-refractivity contribution in [3.05, 3.63) is 35.4 Å². The molecule has 0 aliphatic rings. The van der Waals surface area contributed by atoms with Gasteiger partial charge in [-0.15, -0.1) is 0 Å². The van der Waals surface area contributed by atoms with Gasteiger partial charge in [-0.05, 0) is 24.6 Å². The van der Waals surface area contributed by atoms with Gasteiger partial charge in [0.05, 0.1) is 5.56 Å². The minimum Gasteiger partial charge on any atom is -0.450 e. The number of carbonyl (C=O) groups excluding carboxylic acids is 2. The van der Waals surface area contributed by atoms with E-state index >= 15 is 0 Å². The van der Waals surface area contributed by atoms with Crippen molar-refractivity contribution in [1.29, 1.82) is 0 Å². The van der Waals surface area contributed by atoms with Gasteiger partial charge in [0, 0.05) is 6.92 Å². The molecule has 1 aromatic carbocycles. The first-order chi connectivity index (χ1) is 8.21. The average molecular weight is 260 g/mol. The molecule has 0 aliphatic heterocycles. The van der Waals surface area contributed by atoms with Gasteiger partial charge in [0.2, 0.25) is 0 Å². The second-order valence-electron chi connectivity index (χ2n) is 3.72. The van der Waals surface area contributed by atoms with Crippen molar-refractivity contribution in [1.82, 2.24) is 0 Å². The third-order valence-electron chi connectivity index (χ3n) is 2.19. The van der Waals surface area contributed by atoms with E-state index in [0.717, 1.165) is 31.2 Å². The fourth-order valence-corrected chi connectivity index (χ4v) is 1.40. The zero-order valence-corrected chi connectivity index (χ0v) is 9.75. The lowest BCUT2D eigenvalue weighted by molar-refractivity contribution is -0.152. The van der Waals surface area contributed by atoms with Crippen LogP contribution in [0.5, 0.6) is 0 Å². The van der Waals surface area contributed by atoms with Gasteiger partial charge in [-0.3, -0.25) is 9.59 Å². The van der Waals surface area contributed by atoms with E-state index in [4.69, 9.17) is 4.74 Å². The molecule has 0 fully saturated rings. The highest BCUT2D eigenvalue weighted by Gasteiger charge is 2.30. The molecular formula is C12H11F3O3. The normalized spacial score (nSPS) is 12.9. The van der Waals surface area contributed by atoms with Gasteiger partial charge < -0.3 is 4.74 Å². The van der Waals surface area contributed by atoms with E-state index in [1.54, 1.807) is 0 Å². The summed E-state index contributed by atoms with van der Waals surface area (Å²) in [6.07, 6.45) is -5.60. The highest BCUT2D eigenvalue weighted by atomic mass is 19.4. The predicted molar refractivity (Wildman–Crippen MR) is 56.6 cm³/mol. The maximum atomic E-state index is 12.3. The summed E-state index contributed by atoms with van der Waals surface area (Å²) in [5, 5.41) is 0. The van der Waals surface area contributed by atoms with Gasteiger partial charge in [0.15, 0.2) is 11.9 Å². The third kappa shape index (κ3) is 3.58. The molecule has 1 rings (SSSR count). The molecule has 0 saturated heterocycles. The van der Waals surface area contributed by atoms with Crippen LogP contribution in [0.2, 0.25) is 0 Å². The SMILES string of the molecule is CC(=O)O[C@H](C(C)=O)c1ccc(C(F)(F)F)cc1. The topological polar surface area (TPSA) is 43.4 Å². The summed E-state index contributed by atoms with van der Waals surface area (Å²) in [4.78, 5) is 22.1. The second-order valence-corrected chi connectivity index (χ2v) is 3.72. The number of hydrogen-bond acceptors (Lipinski definition) is 3. The monoisotopic (exact) mass is 260 g/mol. The number of ketones is 1. The van der Waals surface area contributed by atoms with Gasteiger partial charge in [0.1, 0.15) is 0 Å². The number of esters is 1. The highest BCUT2D eigenvalue weighted by Crippen LogP contribution is 2.30. The highest BCUT2D eigenvalue weighted by molar-refractivity contribution is 5.84. The van der Waals surface area contributed by atoms with Crippen LogP contribution in [-0.2, 0) is 20.5 Å². The van der Waals surface area contributed by atoms with E-state index in [-0.39, 0.29) is 5.56 Å². The molecular weight excluding hydrogens is 249 g/mol. The van der Waals surface area contributed by atoms with Crippen molar-refractivity contribution in [2.45, 2.75) is 26.1 Å². The molecule has 3 nitrogen and oxygen atoms in total. The molecule has 0 unspecified atom stereocenters. The standard InChI is InChI=1S/C12H11F3O3/c1-7(16)11(18-8(2)17)9-3-5-10(6-4-9)12(13,14)15/h3-6,11H,1-2H3/t11-/m1/s1. The lowest BCUT2D eigenvalue weighted by atomic mass is 10.0. The Balaban J connectivity index is 3.01. The van der Waals surface area contributed by atoms with Crippen LogP contribution in [0.25, 0.3) is 0 Å². The number of Topliss-reactive ketones (excluding diaryl/α,β-unsaturated/α-hetero) is 1. The van der Waals surface area contributed by atoms with Crippen molar-refractivity contribution in [3.63, 3.8) is 0 Å². The summed E-state index contributed by atoms with van der Waals surface area (Å²) >= 11 is 0. The van der Waals surface area contributed by atoms with Gasteiger partial charge in [-0.2, -0.15) is 13.2 Å². The van der Waals surface area contributed by atoms with Crippen LogP contribution < -0.4 is 0 Å². The van der Waals surface area contributed by atoms with Gasteiger partial charge in [0.25, 0.3) is 0 Å². The molecule has 0 heterocycles. The second kappa shape index (κ2) is 5.20. The minimum atomic E-state index is -4.44. The Morgan fingerprint density at radius 1 is 1.11 bits per heavy atom. The summed E-state index contributed by atoms with van der Waals surface area (Å²) in [5.41, 5.74) is -0.609. The Hall–Kier alpha value is -1.85. The van der Waals surface area contributed by atoms with Gasteiger partial charge >= 0.3 is 12.1 Å². The zero-order valence-electron chi connectivity index (χ0n) is 9.75. The molecule has 0 N–H and O–H groups in total. The maximum Gasteiger partial charge on any atom is 0.416 e. The predicted octanol–water partition coefficient (Wildman–Crippen LogP) is 2.90. The molecule has 0 saturated carbocycles. The molecule has 0 aromatic heterocycles. The minimum absolute atomic E-state index is 0.214. The number of hydrogen-bond donors (Lipinski definition) is 0. The summed E-state index contributed by atoms with van der Waals surface area (Å²) in [6, 6.07) is 3.93. The lowest BCUT2D eigenvalue weighted by Crippen LogP contribution is -2.16. The van der Waals surface area contributed by atoms with Crippen LogP contribution >= 0.6 is 0 Å². The molecule has 6 heteroatoms. The van der Waals surface area contributed by atoms with Crippen molar-refractivity contribution >= 4 is 11.8 Å². The first-order valence-electron chi connectivity index (χ1n) is 5.06. The molecule has 0 aliphatic carbocycles. The molecule has 0 bridgehead atoms. The largest absolute Gasteiger partial charge is 0.450 e. The zero-order chi connectivity index (χ0) is 13.9. The van der Waals surface area contributed by atoms with E-state index in [1.807, 2.05) is 0 Å². The van der Waals surface area contributed by atoms with Crippen LogP contribution in [0.3, 0.4) is 0 Å². The van der Waals surface area contributed by atoms with E-state index < -0.39 is 29.6 Å². The Bertz CT molecular complexity index is 449. The lowest BCUT2D eigenvalue weighted by Gasteiger charge is -2.15. The number of halogens is 3. The van der Waals surface area contributed by atoms with Crippen molar-refractivity contribution in [2.75, 3.05) is 0 Å². The molecule has 0 spiro atoms. The number of rotatable bonds is 3. The van der Waals surface area contributed by atoms with E-state index in [2.05, 4.69) is 0 Å². The summed E-state index contributed by atoms with van der Waals surface area (Å²) in [6.45, 7) is 2.32. The first-order valence-corrected chi connectivity index (χ1v) is 5.06. The number of ether oxygens (including phenoxy) is 1. The summed E-state index contributed by atoms with van der Waals surface area (Å²) in [7, 11) is 0. The summed E-state index contributed by atoms with van der Waals surface area (Å²) in [5.74, 6) is -1.12.